The summed E-state index contributed by atoms with van der Waals surface area (Å²) in [5.74, 6) is -0.653. The van der Waals surface area contributed by atoms with Gasteiger partial charge in [0.25, 0.3) is 0 Å². The van der Waals surface area contributed by atoms with Crippen LogP contribution in [-0.4, -0.2) is 45.7 Å². The predicted octanol–water partition coefficient (Wildman–Crippen LogP) is 2.00. The molecular weight excluding hydrogens is 312 g/mol. The van der Waals surface area contributed by atoms with Gasteiger partial charge in [0.1, 0.15) is 11.1 Å². The zero-order valence-electron chi connectivity index (χ0n) is 15.0. The summed E-state index contributed by atoms with van der Waals surface area (Å²) in [7, 11) is 2.73. The van der Waals surface area contributed by atoms with Crippen molar-refractivity contribution < 1.29 is 19.1 Å². The molecule has 0 fully saturated rings. The minimum atomic E-state index is -0.327. The van der Waals surface area contributed by atoms with Crippen LogP contribution in [0.5, 0.6) is 0 Å². The maximum Gasteiger partial charge on any atom is 0.341 e. The van der Waals surface area contributed by atoms with Crippen LogP contribution in [0, 0.1) is 13.8 Å². The fourth-order valence-electron chi connectivity index (χ4n) is 2.07. The van der Waals surface area contributed by atoms with E-state index in [-0.39, 0.29) is 11.9 Å². The molecule has 0 radical (unpaired) electrons. The fraction of sp³-hybridized carbons (Fsp3) is 0.500. The number of nitrogens with zero attached hydrogens (tertiary/aromatic N) is 4. The topological polar surface area (TPSA) is 88.2 Å². The van der Waals surface area contributed by atoms with Gasteiger partial charge < -0.3 is 9.47 Å². The van der Waals surface area contributed by atoms with E-state index in [1.165, 1.54) is 20.4 Å². The molecule has 0 aliphatic heterocycles. The van der Waals surface area contributed by atoms with Gasteiger partial charge in [-0.2, -0.15) is 10.2 Å². The van der Waals surface area contributed by atoms with Gasteiger partial charge in [-0.3, -0.25) is 9.36 Å². The third kappa shape index (κ3) is 4.43. The highest BCUT2D eigenvalue weighted by Crippen LogP contribution is 2.08. The van der Waals surface area contributed by atoms with E-state index >= 15 is 0 Å². The number of hydrogen-bond acceptors (Lipinski definition) is 6. The summed E-state index contributed by atoms with van der Waals surface area (Å²) in [5, 5.41) is 8.13. The summed E-state index contributed by atoms with van der Waals surface area (Å²) in [6.45, 7) is 9.11. The SMILES string of the molecule is CCn1cc(C(=O)OC)c(C)n1.CCn1ncc(C(=O)OC)c1C. The lowest BCUT2D eigenvalue weighted by Gasteiger charge is -1.99. The van der Waals surface area contributed by atoms with Crippen molar-refractivity contribution in [2.75, 3.05) is 14.2 Å². The van der Waals surface area contributed by atoms with Crippen LogP contribution < -0.4 is 0 Å². The van der Waals surface area contributed by atoms with Crippen molar-refractivity contribution in [3.8, 4) is 0 Å². The average molecular weight is 336 g/mol. The summed E-state index contributed by atoms with van der Waals surface area (Å²) < 4.78 is 12.6. The second kappa shape index (κ2) is 8.85. The lowest BCUT2D eigenvalue weighted by atomic mass is 10.3. The second-order valence-electron chi connectivity index (χ2n) is 4.93. The van der Waals surface area contributed by atoms with Gasteiger partial charge in [0.2, 0.25) is 0 Å². The summed E-state index contributed by atoms with van der Waals surface area (Å²) in [6, 6.07) is 0. The van der Waals surface area contributed by atoms with Gasteiger partial charge in [0, 0.05) is 25.0 Å². The Bertz CT molecular complexity index is 689. The number of aryl methyl sites for hydroxylation is 3. The monoisotopic (exact) mass is 336 g/mol. The van der Waals surface area contributed by atoms with Gasteiger partial charge in [-0.1, -0.05) is 0 Å². The standard InChI is InChI=1S/2C8H12N2O2/c1-4-10-5-7(6(2)9-10)8(11)12-3;1-4-10-6(2)7(5-9-10)8(11)12-3/h2*5H,4H2,1-3H3. The van der Waals surface area contributed by atoms with Crippen LogP contribution >= 0.6 is 0 Å². The Morgan fingerprint density at radius 3 is 2.04 bits per heavy atom. The zero-order valence-corrected chi connectivity index (χ0v) is 15.0. The minimum Gasteiger partial charge on any atom is -0.465 e. The van der Waals surface area contributed by atoms with Crippen LogP contribution in [0.3, 0.4) is 0 Å². The Kier molecular flexibility index (Phi) is 7.16. The van der Waals surface area contributed by atoms with E-state index in [0.29, 0.717) is 16.8 Å². The van der Waals surface area contributed by atoms with Crippen molar-refractivity contribution in [3.63, 3.8) is 0 Å². The molecule has 0 amide bonds. The first kappa shape index (κ1) is 19.4. The fourth-order valence-corrected chi connectivity index (χ4v) is 2.07. The molecule has 0 N–H and O–H groups in total. The van der Waals surface area contributed by atoms with Crippen LogP contribution in [0.15, 0.2) is 12.4 Å². The quantitative estimate of drug-likeness (QED) is 0.794. The van der Waals surface area contributed by atoms with E-state index in [0.717, 1.165) is 18.8 Å². The first-order chi connectivity index (χ1) is 11.4. The maximum atomic E-state index is 11.1. The second-order valence-corrected chi connectivity index (χ2v) is 4.93. The van der Waals surface area contributed by atoms with E-state index in [9.17, 15) is 9.59 Å². The highest BCUT2D eigenvalue weighted by atomic mass is 16.5. The van der Waals surface area contributed by atoms with Gasteiger partial charge in [0.15, 0.2) is 0 Å². The number of carbonyl (C=O) groups excluding carboxylic acids is 2. The highest BCUT2D eigenvalue weighted by Gasteiger charge is 2.13. The van der Waals surface area contributed by atoms with Crippen LogP contribution in [0.1, 0.15) is 46.0 Å². The third-order valence-electron chi connectivity index (χ3n) is 3.48. The average Bonchev–Trinajstić information content (AvgIpc) is 3.16. The van der Waals surface area contributed by atoms with Crippen molar-refractivity contribution in [3.05, 3.63) is 34.9 Å². The summed E-state index contributed by atoms with van der Waals surface area (Å²) in [5.41, 5.74) is 2.65. The summed E-state index contributed by atoms with van der Waals surface area (Å²) in [6.07, 6.45) is 3.23. The molecule has 0 saturated heterocycles. The molecule has 132 valence electrons. The Balaban J connectivity index is 0.000000240. The zero-order chi connectivity index (χ0) is 18.3. The van der Waals surface area contributed by atoms with E-state index < -0.39 is 0 Å². The van der Waals surface area contributed by atoms with E-state index in [4.69, 9.17) is 0 Å². The lowest BCUT2D eigenvalue weighted by Crippen LogP contribution is -2.04. The Morgan fingerprint density at radius 1 is 1.04 bits per heavy atom. The molecular formula is C16H24N4O4. The molecule has 0 aromatic carbocycles. The molecule has 0 spiro atoms. The molecule has 0 bridgehead atoms. The Hall–Kier alpha value is -2.64. The smallest absolute Gasteiger partial charge is 0.341 e. The van der Waals surface area contributed by atoms with Crippen molar-refractivity contribution in [1.82, 2.24) is 19.6 Å². The lowest BCUT2D eigenvalue weighted by molar-refractivity contribution is 0.0590. The highest BCUT2D eigenvalue weighted by molar-refractivity contribution is 5.90. The number of ether oxygens (including phenoxy) is 2. The van der Waals surface area contributed by atoms with Gasteiger partial charge in [-0.25, -0.2) is 9.59 Å². The molecule has 0 aliphatic carbocycles. The molecule has 2 rings (SSSR count). The number of methoxy groups -OCH3 is 2. The molecule has 2 aromatic heterocycles. The molecule has 24 heavy (non-hydrogen) atoms. The van der Waals surface area contributed by atoms with E-state index in [1.807, 2.05) is 20.8 Å². The van der Waals surface area contributed by atoms with Crippen LogP contribution in [0.4, 0.5) is 0 Å². The van der Waals surface area contributed by atoms with Crippen molar-refractivity contribution >= 4 is 11.9 Å². The van der Waals surface area contributed by atoms with Crippen molar-refractivity contribution in [2.45, 2.75) is 40.8 Å². The van der Waals surface area contributed by atoms with Crippen molar-refractivity contribution in [2.24, 2.45) is 0 Å². The third-order valence-corrected chi connectivity index (χ3v) is 3.48. The molecule has 0 atom stereocenters. The first-order valence-corrected chi connectivity index (χ1v) is 7.62. The molecule has 0 aliphatic rings. The van der Waals surface area contributed by atoms with Crippen LogP contribution in [0.2, 0.25) is 0 Å². The van der Waals surface area contributed by atoms with Crippen molar-refractivity contribution in [1.29, 1.82) is 0 Å². The maximum absolute atomic E-state index is 11.1. The number of carbonyl (C=O) groups is 2. The molecule has 8 nitrogen and oxygen atoms in total. The first-order valence-electron chi connectivity index (χ1n) is 7.62. The Labute approximate surface area is 141 Å². The number of esters is 2. The molecule has 8 heteroatoms. The van der Waals surface area contributed by atoms with Gasteiger partial charge in [-0.15, -0.1) is 0 Å². The number of aromatic nitrogens is 4. The minimum absolute atomic E-state index is 0.327. The molecule has 2 aromatic rings. The number of hydrogen-bond donors (Lipinski definition) is 0. The summed E-state index contributed by atoms with van der Waals surface area (Å²) >= 11 is 0. The molecule has 0 saturated carbocycles. The van der Waals surface area contributed by atoms with Crippen LogP contribution in [-0.2, 0) is 22.6 Å². The number of rotatable bonds is 4. The summed E-state index contributed by atoms with van der Waals surface area (Å²) in [4.78, 5) is 22.2. The largest absolute Gasteiger partial charge is 0.465 e. The Morgan fingerprint density at radius 2 is 1.62 bits per heavy atom. The van der Waals surface area contributed by atoms with Gasteiger partial charge in [-0.05, 0) is 27.7 Å². The predicted molar refractivity (Wildman–Crippen MR) is 88.0 cm³/mol. The molecule has 0 unspecified atom stereocenters. The molecule has 2 heterocycles. The van der Waals surface area contributed by atoms with Gasteiger partial charge in [0.05, 0.1) is 26.1 Å². The van der Waals surface area contributed by atoms with Crippen LogP contribution in [0.25, 0.3) is 0 Å². The normalized spacial score (nSPS) is 9.92. The van der Waals surface area contributed by atoms with E-state index in [2.05, 4.69) is 19.7 Å². The van der Waals surface area contributed by atoms with Gasteiger partial charge >= 0.3 is 11.9 Å². The van der Waals surface area contributed by atoms with E-state index in [1.54, 1.807) is 22.5 Å².